The van der Waals surface area contributed by atoms with Crippen LogP contribution < -0.4 is 20.7 Å². The molecule has 30 heavy (non-hydrogen) atoms. The number of carbonyl (C=O) groups excluding carboxylic acids is 1. The lowest BCUT2D eigenvalue weighted by Gasteiger charge is -2.34. The van der Waals surface area contributed by atoms with E-state index in [0.29, 0.717) is 49.3 Å². The monoisotopic (exact) mass is 430 g/mol. The number of aromatic nitrogens is 4. The number of anilines is 3. The normalized spacial score (nSPS) is 13.9. The summed E-state index contributed by atoms with van der Waals surface area (Å²) in [5.41, 5.74) is 6.64. The van der Waals surface area contributed by atoms with E-state index in [-0.39, 0.29) is 18.6 Å². The van der Waals surface area contributed by atoms with E-state index < -0.39 is 5.82 Å². The van der Waals surface area contributed by atoms with Gasteiger partial charge in [-0.05, 0) is 24.3 Å². The molecule has 3 aromatic rings. The second-order valence-corrected chi connectivity index (χ2v) is 7.03. The van der Waals surface area contributed by atoms with Gasteiger partial charge in [0, 0.05) is 38.1 Å². The highest BCUT2D eigenvalue weighted by atomic mass is 32.1. The minimum absolute atomic E-state index is 0.181. The Morgan fingerprint density at radius 2 is 2.07 bits per heavy atom. The molecule has 3 N–H and O–H groups in total. The van der Waals surface area contributed by atoms with Crippen molar-refractivity contribution >= 4 is 35.2 Å². The number of hydrogen-bond donors (Lipinski definition) is 2. The van der Waals surface area contributed by atoms with Crippen molar-refractivity contribution in [1.29, 1.82) is 0 Å². The molecule has 0 unspecified atom stereocenters. The number of amides is 2. The molecule has 0 atom stereocenters. The molecule has 3 heterocycles. The largest absolute Gasteiger partial charge is 0.468 e. The summed E-state index contributed by atoms with van der Waals surface area (Å²) in [6.07, 6.45) is 1.56. The van der Waals surface area contributed by atoms with E-state index in [1.807, 2.05) is 4.90 Å². The Labute approximate surface area is 175 Å². The van der Waals surface area contributed by atoms with Gasteiger partial charge in [-0.1, -0.05) is 6.07 Å². The lowest BCUT2D eigenvalue weighted by molar-refractivity contribution is 0.208. The van der Waals surface area contributed by atoms with Gasteiger partial charge in [-0.3, -0.25) is 0 Å². The van der Waals surface area contributed by atoms with Gasteiger partial charge in [0.15, 0.2) is 0 Å². The smallest absolute Gasteiger partial charge is 0.321 e. The number of nitrogen functional groups attached to an aromatic ring is 1. The Balaban J connectivity index is 1.32. The molecule has 0 bridgehead atoms. The number of benzene rings is 1. The van der Waals surface area contributed by atoms with Crippen molar-refractivity contribution in [2.24, 2.45) is 0 Å². The molecule has 1 saturated heterocycles. The Kier molecular flexibility index (Phi) is 5.84. The van der Waals surface area contributed by atoms with Crippen molar-refractivity contribution in [3.63, 3.8) is 0 Å². The third-order valence-electron chi connectivity index (χ3n) is 4.47. The lowest BCUT2D eigenvalue weighted by atomic mass is 10.3. The number of hydrogen-bond acceptors (Lipinski definition) is 9. The molecule has 12 heteroatoms. The van der Waals surface area contributed by atoms with Gasteiger partial charge in [-0.2, -0.15) is 4.37 Å². The molecule has 1 aliphatic rings. The highest BCUT2D eigenvalue weighted by molar-refractivity contribution is 6.99. The Hall–Kier alpha value is -3.54. The van der Waals surface area contributed by atoms with E-state index in [0.717, 1.165) is 11.7 Å². The average molecular weight is 430 g/mol. The van der Waals surface area contributed by atoms with E-state index in [4.69, 9.17) is 10.5 Å². The number of piperazine rings is 1. The number of urea groups is 1. The zero-order valence-electron chi connectivity index (χ0n) is 15.9. The molecule has 1 fully saturated rings. The minimum atomic E-state index is -0.397. The maximum atomic E-state index is 13.3. The average Bonchev–Trinajstić information content (AvgIpc) is 3.21. The first-order chi connectivity index (χ1) is 14.6. The number of halogens is 1. The van der Waals surface area contributed by atoms with Crippen LogP contribution >= 0.6 is 11.7 Å². The summed E-state index contributed by atoms with van der Waals surface area (Å²) in [7, 11) is 0. The quantitative estimate of drug-likeness (QED) is 0.630. The second-order valence-electron chi connectivity index (χ2n) is 6.50. The zero-order chi connectivity index (χ0) is 20.9. The number of rotatable bonds is 5. The van der Waals surface area contributed by atoms with Crippen LogP contribution in [0.5, 0.6) is 5.88 Å². The highest BCUT2D eigenvalue weighted by Crippen LogP contribution is 2.27. The van der Waals surface area contributed by atoms with Crippen LogP contribution in [0.4, 0.5) is 26.6 Å². The van der Waals surface area contributed by atoms with E-state index in [1.165, 1.54) is 12.1 Å². The van der Waals surface area contributed by atoms with E-state index >= 15 is 0 Å². The fourth-order valence-electron chi connectivity index (χ4n) is 2.99. The van der Waals surface area contributed by atoms with Crippen LogP contribution in [0.2, 0.25) is 0 Å². The molecule has 156 valence electrons. The van der Waals surface area contributed by atoms with Crippen LogP contribution in [0.15, 0.2) is 36.5 Å². The number of ether oxygens (including phenoxy) is 1. The molecule has 10 nitrogen and oxygen atoms in total. The van der Waals surface area contributed by atoms with Gasteiger partial charge in [0.05, 0.1) is 17.4 Å². The highest BCUT2D eigenvalue weighted by Gasteiger charge is 2.25. The van der Waals surface area contributed by atoms with Crippen LogP contribution in [-0.2, 0) is 6.61 Å². The topological polar surface area (TPSA) is 122 Å². The summed E-state index contributed by atoms with van der Waals surface area (Å²) in [6.45, 7) is 2.31. The molecule has 0 radical (unpaired) electrons. The number of carbonyl (C=O) groups is 1. The molecule has 0 spiro atoms. The standard InChI is InChI=1S/C18H19FN8O2S/c19-12-2-1-3-13(10-12)23-18(28)27-8-6-26(7-9-27)15-16(25-30-24-15)29-11-14-4-5-21-17(20)22-14/h1-5,10H,6-9,11H2,(H,23,28)(H2,20,21,22). The van der Waals surface area contributed by atoms with Gasteiger partial charge in [0.2, 0.25) is 11.8 Å². The van der Waals surface area contributed by atoms with E-state index in [1.54, 1.807) is 29.3 Å². The molecule has 2 aromatic heterocycles. The summed E-state index contributed by atoms with van der Waals surface area (Å²) in [4.78, 5) is 24.1. The van der Waals surface area contributed by atoms with Crippen LogP contribution in [0.1, 0.15) is 5.69 Å². The zero-order valence-corrected chi connectivity index (χ0v) is 16.7. The van der Waals surface area contributed by atoms with Crippen molar-refractivity contribution in [1.82, 2.24) is 23.6 Å². The van der Waals surface area contributed by atoms with Crippen molar-refractivity contribution in [2.45, 2.75) is 6.61 Å². The number of nitrogens with two attached hydrogens (primary N) is 1. The van der Waals surface area contributed by atoms with Crippen molar-refractivity contribution in [3.8, 4) is 5.88 Å². The van der Waals surface area contributed by atoms with Gasteiger partial charge in [0.25, 0.3) is 5.88 Å². The van der Waals surface area contributed by atoms with E-state index in [9.17, 15) is 9.18 Å². The van der Waals surface area contributed by atoms with Crippen LogP contribution in [0, 0.1) is 5.82 Å². The van der Waals surface area contributed by atoms with Gasteiger partial charge < -0.3 is 25.6 Å². The van der Waals surface area contributed by atoms with Gasteiger partial charge in [0.1, 0.15) is 12.4 Å². The third kappa shape index (κ3) is 4.71. The molecule has 4 rings (SSSR count). The molecular weight excluding hydrogens is 411 g/mol. The third-order valence-corrected chi connectivity index (χ3v) is 4.98. The fourth-order valence-corrected chi connectivity index (χ4v) is 3.51. The van der Waals surface area contributed by atoms with Gasteiger partial charge in [-0.15, -0.1) is 4.37 Å². The van der Waals surface area contributed by atoms with Crippen LogP contribution in [-0.4, -0.2) is 55.8 Å². The first-order valence-electron chi connectivity index (χ1n) is 9.18. The lowest BCUT2D eigenvalue weighted by Crippen LogP contribution is -2.50. The molecule has 0 saturated carbocycles. The Morgan fingerprint density at radius 1 is 1.23 bits per heavy atom. The molecular formula is C18H19FN8O2S. The second kappa shape index (κ2) is 8.86. The maximum Gasteiger partial charge on any atom is 0.321 e. The Morgan fingerprint density at radius 3 is 2.83 bits per heavy atom. The van der Waals surface area contributed by atoms with Crippen LogP contribution in [0.3, 0.4) is 0 Å². The first kappa shape index (κ1) is 19.8. The SMILES string of the molecule is Nc1nccc(COc2nsnc2N2CCN(C(=O)Nc3cccc(F)c3)CC2)n1. The fraction of sp³-hybridized carbons (Fsp3) is 0.278. The Bertz CT molecular complexity index is 1020. The van der Waals surface area contributed by atoms with Crippen molar-refractivity contribution < 1.29 is 13.9 Å². The predicted octanol–water partition coefficient (Wildman–Crippen LogP) is 1.98. The number of nitrogens with one attached hydrogen (secondary N) is 1. The summed E-state index contributed by atoms with van der Waals surface area (Å²) in [5, 5.41) is 2.71. The molecule has 0 aliphatic carbocycles. The van der Waals surface area contributed by atoms with Crippen LogP contribution in [0.25, 0.3) is 0 Å². The molecule has 1 aromatic carbocycles. The van der Waals surface area contributed by atoms with Crippen molar-refractivity contribution in [2.75, 3.05) is 42.1 Å². The summed E-state index contributed by atoms with van der Waals surface area (Å²) in [6, 6.07) is 7.25. The van der Waals surface area contributed by atoms with Gasteiger partial charge >= 0.3 is 6.03 Å². The van der Waals surface area contributed by atoms with Crippen molar-refractivity contribution in [3.05, 3.63) is 48.0 Å². The number of nitrogens with zero attached hydrogens (tertiary/aromatic N) is 6. The summed E-state index contributed by atoms with van der Waals surface area (Å²) < 4.78 is 27.6. The molecule has 2 amide bonds. The minimum Gasteiger partial charge on any atom is -0.468 e. The van der Waals surface area contributed by atoms with E-state index in [2.05, 4.69) is 24.0 Å². The maximum absolute atomic E-state index is 13.3. The van der Waals surface area contributed by atoms with Gasteiger partial charge in [-0.25, -0.2) is 19.2 Å². The summed E-state index contributed by atoms with van der Waals surface area (Å²) in [5.74, 6) is 0.827. The summed E-state index contributed by atoms with van der Waals surface area (Å²) >= 11 is 1.06. The molecule has 1 aliphatic heterocycles. The predicted molar refractivity (Wildman–Crippen MR) is 110 cm³/mol. The first-order valence-corrected chi connectivity index (χ1v) is 9.91.